The molecular weight excluding hydrogens is 441 g/mol. The van der Waals surface area contributed by atoms with Gasteiger partial charge in [-0.05, 0) is 28.1 Å². The Labute approximate surface area is 142 Å². The van der Waals surface area contributed by atoms with Crippen molar-refractivity contribution in [3.8, 4) is 5.75 Å². The van der Waals surface area contributed by atoms with Crippen LogP contribution in [0.3, 0.4) is 0 Å². The van der Waals surface area contributed by atoms with Crippen LogP contribution < -0.4 is 9.64 Å². The Morgan fingerprint density at radius 3 is 2.04 bits per heavy atom. The van der Waals surface area contributed by atoms with Crippen LogP contribution >= 0.6 is 15.9 Å². The summed E-state index contributed by atoms with van der Waals surface area (Å²) < 4.78 is 118. The van der Waals surface area contributed by atoms with Crippen molar-refractivity contribution in [2.24, 2.45) is 0 Å². The van der Waals surface area contributed by atoms with Gasteiger partial charge in [-0.2, -0.15) is 22.0 Å². The molecule has 142 valence electrons. The van der Waals surface area contributed by atoms with E-state index in [1.54, 1.807) is 0 Å². The number of halogens is 10. The summed E-state index contributed by atoms with van der Waals surface area (Å²) in [4.78, 5) is 10.3. The third kappa shape index (κ3) is 4.92. The van der Waals surface area contributed by atoms with Gasteiger partial charge in [0.15, 0.2) is 5.75 Å². The number of rotatable bonds is 4. The summed E-state index contributed by atoms with van der Waals surface area (Å²) in [5.41, 5.74) is -1.34. The van der Waals surface area contributed by atoms with E-state index in [4.69, 9.17) is 0 Å². The molecule has 0 fully saturated rings. The van der Waals surface area contributed by atoms with Gasteiger partial charge in [0, 0.05) is 6.92 Å². The highest BCUT2D eigenvalue weighted by Gasteiger charge is 2.60. The van der Waals surface area contributed by atoms with Crippen LogP contribution in [0.15, 0.2) is 22.7 Å². The number of hydrogen-bond donors (Lipinski definition) is 0. The van der Waals surface area contributed by atoms with Gasteiger partial charge in [-0.1, -0.05) is 6.07 Å². The summed E-state index contributed by atoms with van der Waals surface area (Å²) in [7, 11) is 0. The molecule has 1 unspecified atom stereocenters. The first-order valence-electron chi connectivity index (χ1n) is 6.02. The third-order valence-corrected chi connectivity index (χ3v) is 3.20. The maximum absolute atomic E-state index is 13.4. The first-order valence-corrected chi connectivity index (χ1v) is 6.82. The molecule has 0 N–H and O–H groups in total. The molecular formula is C12H7BrF9NO2. The van der Waals surface area contributed by atoms with Crippen LogP contribution in [0.1, 0.15) is 6.92 Å². The molecule has 0 bridgehead atoms. The van der Waals surface area contributed by atoms with Crippen molar-refractivity contribution < 1.29 is 49.0 Å². The van der Waals surface area contributed by atoms with Crippen LogP contribution in [0.25, 0.3) is 0 Å². The van der Waals surface area contributed by atoms with Crippen molar-refractivity contribution in [1.29, 1.82) is 0 Å². The summed E-state index contributed by atoms with van der Waals surface area (Å²) in [6, 6.07) is 2.22. The topological polar surface area (TPSA) is 29.5 Å². The number of carbonyl (C=O) groups is 1. The van der Waals surface area contributed by atoms with Crippen molar-refractivity contribution in [3.63, 3.8) is 0 Å². The Morgan fingerprint density at radius 2 is 1.64 bits per heavy atom. The molecule has 1 aromatic carbocycles. The van der Waals surface area contributed by atoms with Gasteiger partial charge in [0.05, 0.1) is 10.2 Å². The van der Waals surface area contributed by atoms with Gasteiger partial charge in [0.2, 0.25) is 5.91 Å². The van der Waals surface area contributed by atoms with E-state index in [-0.39, 0.29) is 0 Å². The lowest BCUT2D eigenvalue weighted by Gasteiger charge is -2.29. The van der Waals surface area contributed by atoms with E-state index in [0.29, 0.717) is 13.0 Å². The first-order chi connectivity index (χ1) is 11.1. The fourth-order valence-corrected chi connectivity index (χ4v) is 2.07. The summed E-state index contributed by atoms with van der Waals surface area (Å²) >= 11 is 2.52. The summed E-state index contributed by atoms with van der Waals surface area (Å²) in [5, 5.41) is 0. The van der Waals surface area contributed by atoms with Gasteiger partial charge < -0.3 is 4.74 Å². The van der Waals surface area contributed by atoms with Crippen molar-refractivity contribution in [2.75, 3.05) is 4.90 Å². The number of hydrogen-bond acceptors (Lipinski definition) is 2. The Bertz CT molecular complexity index is 644. The minimum atomic E-state index is -6.03. The molecule has 0 aromatic heterocycles. The predicted octanol–water partition coefficient (Wildman–Crippen LogP) is 5.19. The van der Waals surface area contributed by atoms with E-state index in [9.17, 15) is 44.3 Å². The number of ether oxygens (including phenoxy) is 1. The number of alkyl halides is 9. The highest BCUT2D eigenvalue weighted by molar-refractivity contribution is 9.10. The Kier molecular flexibility index (Phi) is 5.92. The molecule has 1 atom stereocenters. The van der Waals surface area contributed by atoms with E-state index in [1.807, 2.05) is 0 Å². The largest absolute Gasteiger partial charge is 0.491 e. The molecule has 0 aliphatic carbocycles. The third-order valence-electron chi connectivity index (χ3n) is 2.58. The van der Waals surface area contributed by atoms with E-state index >= 15 is 0 Å². The summed E-state index contributed by atoms with van der Waals surface area (Å²) in [6.45, 7) is 0.435. The number of amides is 1. The lowest BCUT2D eigenvalue weighted by atomic mass is 10.2. The fraction of sp³-hybridized carbons (Fsp3) is 0.417. The highest BCUT2D eigenvalue weighted by Crippen LogP contribution is 2.44. The molecule has 13 heteroatoms. The Balaban J connectivity index is 3.45. The lowest BCUT2D eigenvalue weighted by Crippen LogP contribution is -2.46. The molecule has 0 saturated carbocycles. The number of para-hydroxylation sites is 1. The number of anilines is 1. The van der Waals surface area contributed by atoms with Crippen LogP contribution in [0.2, 0.25) is 0 Å². The molecule has 25 heavy (non-hydrogen) atoms. The number of nitrogens with zero attached hydrogens (tertiary/aromatic N) is 1. The zero-order valence-corrected chi connectivity index (χ0v) is 13.4. The average molecular weight is 448 g/mol. The van der Waals surface area contributed by atoms with Crippen molar-refractivity contribution in [3.05, 3.63) is 22.7 Å². The zero-order chi connectivity index (χ0) is 19.8. The minimum Gasteiger partial charge on any atom is -0.427 e. The van der Waals surface area contributed by atoms with E-state index in [1.165, 1.54) is 0 Å². The molecule has 1 aromatic rings. The van der Waals surface area contributed by atoms with Crippen LogP contribution in [-0.2, 0) is 4.79 Å². The number of benzene rings is 1. The van der Waals surface area contributed by atoms with Crippen molar-refractivity contribution in [2.45, 2.75) is 31.7 Å². The smallest absolute Gasteiger partial charge is 0.427 e. The second-order valence-electron chi connectivity index (χ2n) is 4.48. The molecule has 1 rings (SSSR count). The van der Waals surface area contributed by atoms with Gasteiger partial charge in [-0.3, -0.25) is 4.79 Å². The molecule has 3 nitrogen and oxygen atoms in total. The second kappa shape index (κ2) is 6.92. The van der Waals surface area contributed by atoms with Gasteiger partial charge in [0.25, 0.3) is 6.17 Å². The molecule has 0 spiro atoms. The quantitative estimate of drug-likeness (QED) is 0.469. The Hall–Kier alpha value is -1.66. The summed E-state index contributed by atoms with van der Waals surface area (Å²) in [6.07, 6.45) is -21.8. The van der Waals surface area contributed by atoms with Crippen molar-refractivity contribution >= 4 is 27.5 Å². The lowest BCUT2D eigenvalue weighted by molar-refractivity contribution is -0.305. The minimum absolute atomic E-state index is 0.435. The molecule has 0 heterocycles. The molecule has 0 radical (unpaired) electrons. The molecule has 0 aliphatic heterocycles. The summed E-state index contributed by atoms with van der Waals surface area (Å²) in [5.74, 6) is -3.18. The van der Waals surface area contributed by atoms with Crippen LogP contribution in [0.4, 0.5) is 45.2 Å². The van der Waals surface area contributed by atoms with Crippen LogP contribution in [0.5, 0.6) is 5.75 Å². The highest BCUT2D eigenvalue weighted by atomic mass is 79.9. The molecule has 0 saturated heterocycles. The monoisotopic (exact) mass is 447 g/mol. The molecule has 0 aliphatic rings. The fourth-order valence-electron chi connectivity index (χ4n) is 1.64. The number of carbonyl (C=O) groups excluding carboxylic acids is 1. The van der Waals surface area contributed by atoms with Crippen LogP contribution in [0, 0.1) is 0 Å². The maximum atomic E-state index is 13.4. The second-order valence-corrected chi connectivity index (χ2v) is 5.33. The van der Waals surface area contributed by atoms with E-state index < -0.39 is 51.5 Å². The Morgan fingerprint density at radius 1 is 1.12 bits per heavy atom. The van der Waals surface area contributed by atoms with E-state index in [0.717, 1.165) is 12.1 Å². The van der Waals surface area contributed by atoms with E-state index in [2.05, 4.69) is 20.7 Å². The SMILES string of the molecule is CC(=O)N(c1cccc(Br)c1OC(F)(F)C(F)C(F)(F)F)C(F)(F)F. The van der Waals surface area contributed by atoms with Gasteiger partial charge in [-0.25, -0.2) is 9.29 Å². The van der Waals surface area contributed by atoms with Crippen molar-refractivity contribution in [1.82, 2.24) is 0 Å². The average Bonchev–Trinajstić information content (AvgIpc) is 2.38. The van der Waals surface area contributed by atoms with Gasteiger partial charge in [0.1, 0.15) is 0 Å². The predicted molar refractivity (Wildman–Crippen MR) is 69.9 cm³/mol. The maximum Gasteiger partial charge on any atom is 0.491 e. The van der Waals surface area contributed by atoms with Crippen LogP contribution in [-0.4, -0.2) is 30.7 Å². The normalized spacial score (nSPS) is 14.2. The molecule has 1 amide bonds. The van der Waals surface area contributed by atoms with Gasteiger partial charge >= 0.3 is 18.6 Å². The first kappa shape index (κ1) is 21.4. The van der Waals surface area contributed by atoms with Gasteiger partial charge in [-0.15, -0.1) is 13.2 Å². The zero-order valence-electron chi connectivity index (χ0n) is 11.9. The standard InChI is InChI=1S/C12H7BrF9NO2/c1-5(24)23(12(20,21)22)7-4-2-3-6(13)8(7)25-11(18,19)9(14)10(15,16)17/h2-4,9H,1H3.